The van der Waals surface area contributed by atoms with Crippen LogP contribution in [0.15, 0.2) is 77.8 Å². The molecule has 3 nitrogen and oxygen atoms in total. The number of amidine groups is 1. The SMILES string of the molecule is Cc1ccc(N=C(Nc2ccc(C)cc2)Oc2[c]cccc2)cc1. The van der Waals surface area contributed by atoms with Crippen LogP contribution in [0.2, 0.25) is 0 Å². The molecule has 0 atom stereocenters. The highest BCUT2D eigenvalue weighted by Crippen LogP contribution is 2.17. The van der Waals surface area contributed by atoms with Crippen molar-refractivity contribution in [1.29, 1.82) is 0 Å². The first-order valence-electron chi connectivity index (χ1n) is 7.83. The molecule has 3 heteroatoms. The molecule has 0 heterocycles. The van der Waals surface area contributed by atoms with Gasteiger partial charge in [-0.2, -0.15) is 4.99 Å². The minimum Gasteiger partial charge on any atom is -0.425 e. The minimum absolute atomic E-state index is 0.408. The first kappa shape index (κ1) is 15.8. The summed E-state index contributed by atoms with van der Waals surface area (Å²) in [5, 5.41) is 3.23. The van der Waals surface area contributed by atoms with Crippen LogP contribution in [0.3, 0.4) is 0 Å². The van der Waals surface area contributed by atoms with E-state index in [0.717, 1.165) is 11.4 Å². The fourth-order valence-electron chi connectivity index (χ4n) is 2.12. The highest BCUT2D eigenvalue weighted by molar-refractivity contribution is 5.92. The number of benzene rings is 3. The monoisotopic (exact) mass is 315 g/mol. The van der Waals surface area contributed by atoms with E-state index in [0.29, 0.717) is 11.8 Å². The number of hydrogen-bond donors (Lipinski definition) is 1. The zero-order valence-corrected chi connectivity index (χ0v) is 13.8. The lowest BCUT2D eigenvalue weighted by Crippen LogP contribution is -2.19. The van der Waals surface area contributed by atoms with Crippen molar-refractivity contribution in [2.75, 3.05) is 5.32 Å². The Hall–Kier alpha value is -3.07. The van der Waals surface area contributed by atoms with Gasteiger partial charge in [0.05, 0.1) is 5.69 Å². The van der Waals surface area contributed by atoms with Gasteiger partial charge in [0.2, 0.25) is 0 Å². The summed E-state index contributed by atoms with van der Waals surface area (Å²) in [6.45, 7) is 4.11. The predicted octanol–water partition coefficient (Wildman–Crippen LogP) is 5.28. The molecule has 24 heavy (non-hydrogen) atoms. The smallest absolute Gasteiger partial charge is 0.300 e. The maximum Gasteiger partial charge on any atom is 0.300 e. The Labute approximate surface area is 142 Å². The van der Waals surface area contributed by atoms with E-state index in [4.69, 9.17) is 4.74 Å². The molecule has 0 amide bonds. The highest BCUT2D eigenvalue weighted by atomic mass is 16.5. The number of rotatable bonds is 3. The average molecular weight is 315 g/mol. The third kappa shape index (κ3) is 4.46. The molecule has 119 valence electrons. The van der Waals surface area contributed by atoms with Crippen LogP contribution in [0, 0.1) is 19.9 Å². The van der Waals surface area contributed by atoms with Gasteiger partial charge in [0.25, 0.3) is 6.02 Å². The first-order valence-corrected chi connectivity index (χ1v) is 7.83. The van der Waals surface area contributed by atoms with Crippen molar-refractivity contribution in [2.45, 2.75) is 13.8 Å². The quantitative estimate of drug-likeness (QED) is 0.527. The molecule has 3 rings (SSSR count). The van der Waals surface area contributed by atoms with Crippen molar-refractivity contribution < 1.29 is 4.74 Å². The van der Waals surface area contributed by atoms with E-state index in [2.05, 4.69) is 23.3 Å². The van der Waals surface area contributed by atoms with Crippen LogP contribution in [-0.4, -0.2) is 6.02 Å². The van der Waals surface area contributed by atoms with Gasteiger partial charge < -0.3 is 10.1 Å². The topological polar surface area (TPSA) is 33.6 Å². The van der Waals surface area contributed by atoms with E-state index in [9.17, 15) is 0 Å². The molecule has 1 radical (unpaired) electrons. The van der Waals surface area contributed by atoms with E-state index in [1.54, 1.807) is 0 Å². The van der Waals surface area contributed by atoms with Crippen molar-refractivity contribution in [3.8, 4) is 5.75 Å². The summed E-state index contributed by atoms with van der Waals surface area (Å²) in [6, 6.07) is 27.0. The second kappa shape index (κ2) is 7.47. The lowest BCUT2D eigenvalue weighted by Gasteiger charge is -2.11. The Kier molecular flexibility index (Phi) is 4.92. The lowest BCUT2D eigenvalue weighted by atomic mass is 10.2. The molecule has 0 aliphatic carbocycles. The number of hydrogen-bond acceptors (Lipinski definition) is 2. The van der Waals surface area contributed by atoms with E-state index in [1.165, 1.54) is 11.1 Å². The van der Waals surface area contributed by atoms with Crippen LogP contribution in [0.5, 0.6) is 5.75 Å². The van der Waals surface area contributed by atoms with Crippen LogP contribution in [0.4, 0.5) is 11.4 Å². The van der Waals surface area contributed by atoms with Crippen molar-refractivity contribution in [1.82, 2.24) is 0 Å². The number of nitrogens with zero attached hydrogens (tertiary/aromatic N) is 1. The molecule has 0 bridgehead atoms. The van der Waals surface area contributed by atoms with Crippen molar-refractivity contribution in [2.24, 2.45) is 4.99 Å². The van der Waals surface area contributed by atoms with E-state index in [1.807, 2.05) is 79.7 Å². The minimum atomic E-state index is 0.408. The summed E-state index contributed by atoms with van der Waals surface area (Å²) in [5.41, 5.74) is 4.14. The summed E-state index contributed by atoms with van der Waals surface area (Å²) in [7, 11) is 0. The molecular formula is C21H19N2O. The van der Waals surface area contributed by atoms with E-state index < -0.39 is 0 Å². The molecule has 0 saturated carbocycles. The Morgan fingerprint density at radius 1 is 0.875 bits per heavy atom. The molecule has 0 saturated heterocycles. The summed E-state index contributed by atoms with van der Waals surface area (Å²) < 4.78 is 5.87. The Morgan fingerprint density at radius 3 is 2.17 bits per heavy atom. The Balaban J connectivity index is 1.87. The van der Waals surface area contributed by atoms with Crippen LogP contribution < -0.4 is 10.1 Å². The second-order valence-electron chi connectivity index (χ2n) is 5.57. The summed E-state index contributed by atoms with van der Waals surface area (Å²) in [6.07, 6.45) is 0. The van der Waals surface area contributed by atoms with Crippen LogP contribution in [0.25, 0.3) is 0 Å². The van der Waals surface area contributed by atoms with Gasteiger partial charge in [-0.25, -0.2) is 0 Å². The van der Waals surface area contributed by atoms with Gasteiger partial charge in [0.15, 0.2) is 0 Å². The van der Waals surface area contributed by atoms with Crippen LogP contribution in [-0.2, 0) is 0 Å². The molecule has 0 aliphatic heterocycles. The predicted molar refractivity (Wildman–Crippen MR) is 99.0 cm³/mol. The number of ether oxygens (including phenoxy) is 1. The van der Waals surface area contributed by atoms with Gasteiger partial charge in [-0.15, -0.1) is 0 Å². The van der Waals surface area contributed by atoms with Crippen molar-refractivity contribution >= 4 is 17.4 Å². The summed E-state index contributed by atoms with van der Waals surface area (Å²) in [5.74, 6) is 0.614. The molecule has 0 spiro atoms. The van der Waals surface area contributed by atoms with E-state index >= 15 is 0 Å². The number of aryl methyl sites for hydroxylation is 2. The largest absolute Gasteiger partial charge is 0.425 e. The van der Waals surface area contributed by atoms with Gasteiger partial charge in [-0.05, 0) is 44.2 Å². The van der Waals surface area contributed by atoms with Gasteiger partial charge in [0.1, 0.15) is 5.75 Å². The summed E-state index contributed by atoms with van der Waals surface area (Å²) >= 11 is 0. The molecule has 3 aromatic carbocycles. The normalized spacial score (nSPS) is 11.2. The van der Waals surface area contributed by atoms with Gasteiger partial charge in [0, 0.05) is 11.8 Å². The third-order valence-corrected chi connectivity index (χ3v) is 3.45. The number of para-hydroxylation sites is 1. The van der Waals surface area contributed by atoms with Gasteiger partial charge in [-0.1, -0.05) is 53.6 Å². The fourth-order valence-corrected chi connectivity index (χ4v) is 2.12. The fraction of sp³-hybridized carbons (Fsp3) is 0.0952. The zero-order valence-electron chi connectivity index (χ0n) is 13.8. The molecule has 0 aromatic heterocycles. The van der Waals surface area contributed by atoms with Crippen LogP contribution in [0.1, 0.15) is 11.1 Å². The van der Waals surface area contributed by atoms with Crippen LogP contribution >= 0.6 is 0 Å². The molecule has 1 N–H and O–H groups in total. The van der Waals surface area contributed by atoms with Crippen molar-refractivity contribution in [3.63, 3.8) is 0 Å². The molecule has 0 fully saturated rings. The van der Waals surface area contributed by atoms with Gasteiger partial charge in [-0.3, -0.25) is 0 Å². The van der Waals surface area contributed by atoms with Gasteiger partial charge >= 0.3 is 0 Å². The third-order valence-electron chi connectivity index (χ3n) is 3.45. The average Bonchev–Trinajstić information content (AvgIpc) is 2.60. The standard InChI is InChI=1S/C21H19N2O/c1-16-8-12-18(13-9-16)22-21(24-20-6-4-3-5-7-20)23-19-14-10-17(2)11-15-19/h3-6,8-15H,1-2H3,(H,22,23). The first-order chi connectivity index (χ1) is 11.7. The lowest BCUT2D eigenvalue weighted by molar-refractivity contribution is 0.548. The molecule has 0 aliphatic rings. The zero-order chi connectivity index (χ0) is 16.8. The van der Waals surface area contributed by atoms with E-state index in [-0.39, 0.29) is 0 Å². The number of aliphatic imine (C=N–C) groups is 1. The maximum absolute atomic E-state index is 5.87. The highest BCUT2D eigenvalue weighted by Gasteiger charge is 2.05. The Morgan fingerprint density at radius 2 is 1.54 bits per heavy atom. The molecular weight excluding hydrogens is 296 g/mol. The number of nitrogens with one attached hydrogen (secondary N) is 1. The maximum atomic E-state index is 5.87. The molecule has 0 unspecified atom stereocenters. The molecule has 3 aromatic rings. The summed E-state index contributed by atoms with van der Waals surface area (Å²) in [4.78, 5) is 4.58. The Bertz CT molecular complexity index is 807. The van der Waals surface area contributed by atoms with Crippen molar-refractivity contribution in [3.05, 3.63) is 90.0 Å². The number of anilines is 1. The second-order valence-corrected chi connectivity index (χ2v) is 5.57.